The molecule has 0 aliphatic carbocycles. The molecule has 0 amide bonds. The summed E-state index contributed by atoms with van der Waals surface area (Å²) in [6.07, 6.45) is -0.484. The van der Waals surface area contributed by atoms with Crippen LogP contribution >= 0.6 is 0 Å². The van der Waals surface area contributed by atoms with E-state index in [0.717, 1.165) is 55.0 Å². The molecule has 10 rings (SSSR count). The number of fused-ring (bicyclic) bond motifs is 6. The standard InChI is InChI=1S/C49H32O/c1-3-11-32(12-4-1)27-44-40-15-7-9-17-42(40)49(43-18-10-8-16-41(43)44)39-22-21-34-28-35(19-20-36(34)29-39)38-24-26-48-46(31-38)45-30-37(23-25-47(45)50-48)33-13-5-2-6-14-33/h1-26,28-31H,27H2/i1D,3D,4D,7D,8D,9D,10D,11D,12D,15D,16D,17D,18D. The van der Waals surface area contributed by atoms with Gasteiger partial charge in [-0.1, -0.05) is 145 Å². The number of rotatable bonds is 5. The van der Waals surface area contributed by atoms with Gasteiger partial charge in [-0.25, -0.2) is 0 Å². The molecule has 9 aromatic carbocycles. The molecule has 0 saturated carbocycles. The minimum Gasteiger partial charge on any atom is -0.456 e. The molecule has 0 fully saturated rings. The van der Waals surface area contributed by atoms with Crippen molar-refractivity contribution >= 4 is 54.3 Å². The summed E-state index contributed by atoms with van der Waals surface area (Å²) < 4.78 is 120. The van der Waals surface area contributed by atoms with E-state index in [2.05, 4.69) is 24.3 Å². The van der Waals surface area contributed by atoms with E-state index in [1.54, 1.807) is 6.07 Å². The minimum atomic E-state index is -0.614. The van der Waals surface area contributed by atoms with Crippen molar-refractivity contribution in [2.24, 2.45) is 0 Å². The fraction of sp³-hybridized carbons (Fsp3) is 0.0204. The Morgan fingerprint density at radius 3 is 1.54 bits per heavy atom. The van der Waals surface area contributed by atoms with Gasteiger partial charge in [0.2, 0.25) is 0 Å². The zero-order valence-corrected chi connectivity index (χ0v) is 26.4. The van der Waals surface area contributed by atoms with Gasteiger partial charge in [0.1, 0.15) is 11.2 Å². The highest BCUT2D eigenvalue weighted by Crippen LogP contribution is 2.42. The summed E-state index contributed by atoms with van der Waals surface area (Å²) in [5, 5.41) is 3.37. The summed E-state index contributed by atoms with van der Waals surface area (Å²) >= 11 is 0. The van der Waals surface area contributed by atoms with Crippen molar-refractivity contribution in [2.45, 2.75) is 6.42 Å². The largest absolute Gasteiger partial charge is 0.456 e. The summed E-state index contributed by atoms with van der Waals surface area (Å²) in [5.74, 6) is 0. The lowest BCUT2D eigenvalue weighted by atomic mass is 9.86. The Labute approximate surface area is 308 Å². The third-order valence-corrected chi connectivity index (χ3v) is 9.42. The van der Waals surface area contributed by atoms with Gasteiger partial charge in [-0.15, -0.1) is 0 Å². The van der Waals surface area contributed by atoms with Gasteiger partial charge in [0, 0.05) is 10.8 Å². The van der Waals surface area contributed by atoms with E-state index in [-0.39, 0.29) is 38.2 Å². The third-order valence-electron chi connectivity index (χ3n) is 9.42. The van der Waals surface area contributed by atoms with Gasteiger partial charge in [-0.3, -0.25) is 0 Å². The molecule has 1 aromatic heterocycles. The lowest BCUT2D eigenvalue weighted by molar-refractivity contribution is 0.669. The van der Waals surface area contributed by atoms with E-state index in [0.29, 0.717) is 5.56 Å². The number of benzene rings is 9. The molecule has 1 heteroatoms. The second-order valence-corrected chi connectivity index (χ2v) is 12.3. The van der Waals surface area contributed by atoms with E-state index in [1.165, 1.54) is 0 Å². The van der Waals surface area contributed by atoms with E-state index in [4.69, 9.17) is 16.8 Å². The summed E-state index contributed by atoms with van der Waals surface area (Å²) in [6, 6.07) is 26.7. The van der Waals surface area contributed by atoms with Gasteiger partial charge in [0.05, 0.1) is 17.8 Å². The summed E-state index contributed by atoms with van der Waals surface area (Å²) in [5.41, 5.74) is 6.00. The SMILES string of the molecule is [2H]c1c([2H])c([2H])c(Cc2c3c([2H])c([2H])c([2H])c([2H])c3c(-c3ccc4cc(-c5ccc6oc7ccc(-c8ccccc8)cc7c6c5)ccc4c3)c3c([2H])c([2H])c([2H])c([2H])c23)c([2H])c1[2H]. The quantitative estimate of drug-likeness (QED) is 0.169. The van der Waals surface area contributed by atoms with Crippen LogP contribution in [-0.2, 0) is 6.42 Å². The van der Waals surface area contributed by atoms with Crippen molar-refractivity contribution in [1.29, 1.82) is 0 Å². The molecular formula is C49H32O. The maximum absolute atomic E-state index is 9.26. The normalized spacial score (nSPS) is 15.3. The monoisotopic (exact) mass is 649 g/mol. The first-order valence-corrected chi connectivity index (χ1v) is 16.2. The second-order valence-electron chi connectivity index (χ2n) is 12.3. The highest BCUT2D eigenvalue weighted by atomic mass is 16.3. The Balaban J connectivity index is 1.19. The van der Waals surface area contributed by atoms with Crippen LogP contribution in [0.3, 0.4) is 0 Å². The zero-order chi connectivity index (χ0) is 44.3. The molecule has 0 radical (unpaired) electrons. The van der Waals surface area contributed by atoms with Crippen molar-refractivity contribution in [3.63, 3.8) is 0 Å². The number of furan rings is 1. The first-order chi connectivity index (χ1) is 30.2. The summed E-state index contributed by atoms with van der Waals surface area (Å²) in [7, 11) is 0. The van der Waals surface area contributed by atoms with Crippen LogP contribution in [0.15, 0.2) is 186 Å². The topological polar surface area (TPSA) is 13.1 Å². The van der Waals surface area contributed by atoms with Gasteiger partial charge in [-0.2, -0.15) is 0 Å². The van der Waals surface area contributed by atoms with Crippen LogP contribution < -0.4 is 0 Å². The average molecular weight is 650 g/mol. The van der Waals surface area contributed by atoms with Gasteiger partial charge >= 0.3 is 0 Å². The van der Waals surface area contributed by atoms with Gasteiger partial charge < -0.3 is 4.42 Å². The van der Waals surface area contributed by atoms with Crippen LogP contribution in [0, 0.1) is 0 Å². The van der Waals surface area contributed by atoms with Gasteiger partial charge in [0.25, 0.3) is 0 Å². The van der Waals surface area contributed by atoms with E-state index >= 15 is 0 Å². The molecule has 0 bridgehead atoms. The van der Waals surface area contributed by atoms with E-state index in [1.807, 2.05) is 72.8 Å². The first kappa shape index (κ1) is 18.4. The molecule has 234 valence electrons. The van der Waals surface area contributed by atoms with Crippen molar-refractivity contribution in [1.82, 2.24) is 0 Å². The second kappa shape index (κ2) is 11.6. The predicted octanol–water partition coefficient (Wildman–Crippen LogP) is 13.6. The molecule has 10 aromatic rings. The molecule has 1 nitrogen and oxygen atoms in total. The van der Waals surface area contributed by atoms with E-state index < -0.39 is 85.0 Å². The molecule has 50 heavy (non-hydrogen) atoms. The zero-order valence-electron chi connectivity index (χ0n) is 39.4. The molecule has 0 saturated heterocycles. The number of hydrogen-bond donors (Lipinski definition) is 0. The van der Waals surface area contributed by atoms with Crippen molar-refractivity contribution in [3.05, 3.63) is 193 Å². The Bertz CT molecular complexity index is 3520. The van der Waals surface area contributed by atoms with Crippen molar-refractivity contribution in [3.8, 4) is 33.4 Å². The van der Waals surface area contributed by atoms with Gasteiger partial charge in [0.15, 0.2) is 0 Å². The molecule has 1 heterocycles. The van der Waals surface area contributed by atoms with Crippen LogP contribution in [0.1, 0.15) is 28.9 Å². The van der Waals surface area contributed by atoms with Crippen LogP contribution in [-0.4, -0.2) is 0 Å². The predicted molar refractivity (Wildman–Crippen MR) is 212 cm³/mol. The molecule has 0 aliphatic heterocycles. The van der Waals surface area contributed by atoms with Crippen molar-refractivity contribution < 1.29 is 22.2 Å². The fourth-order valence-corrected chi connectivity index (χ4v) is 7.06. The average Bonchev–Trinajstić information content (AvgIpc) is 3.68. The van der Waals surface area contributed by atoms with Gasteiger partial charge in [-0.05, 0) is 120 Å². The number of hydrogen-bond acceptors (Lipinski definition) is 1. The molecule has 0 spiro atoms. The maximum Gasteiger partial charge on any atom is 0.135 e. The molecule has 0 atom stereocenters. The molecule has 0 unspecified atom stereocenters. The smallest absolute Gasteiger partial charge is 0.135 e. The van der Waals surface area contributed by atoms with Crippen LogP contribution in [0.25, 0.3) is 87.6 Å². The molecule has 0 aliphatic rings. The Morgan fingerprint density at radius 2 is 0.900 bits per heavy atom. The van der Waals surface area contributed by atoms with E-state index in [9.17, 15) is 5.48 Å². The minimum absolute atomic E-state index is 0.00892. The maximum atomic E-state index is 9.26. The summed E-state index contributed by atoms with van der Waals surface area (Å²) in [4.78, 5) is 0. The summed E-state index contributed by atoms with van der Waals surface area (Å²) in [6.45, 7) is 0. The molecular weight excluding hydrogens is 605 g/mol. The lowest BCUT2D eigenvalue weighted by Crippen LogP contribution is -1.95. The fourth-order valence-electron chi connectivity index (χ4n) is 7.06. The first-order valence-electron chi connectivity index (χ1n) is 22.7. The highest BCUT2D eigenvalue weighted by molar-refractivity contribution is 6.16. The Kier molecular flexibility index (Phi) is 4.26. The Morgan fingerprint density at radius 1 is 0.400 bits per heavy atom. The lowest BCUT2D eigenvalue weighted by Gasteiger charge is -2.18. The Hall–Kier alpha value is -6.44. The van der Waals surface area contributed by atoms with Crippen molar-refractivity contribution in [2.75, 3.05) is 0 Å². The van der Waals surface area contributed by atoms with Crippen LogP contribution in [0.2, 0.25) is 0 Å². The molecule has 0 N–H and O–H groups in total. The van der Waals surface area contributed by atoms with Crippen LogP contribution in [0.4, 0.5) is 0 Å². The third kappa shape index (κ3) is 4.78. The van der Waals surface area contributed by atoms with Crippen LogP contribution in [0.5, 0.6) is 0 Å². The highest BCUT2D eigenvalue weighted by Gasteiger charge is 2.16.